The van der Waals surface area contributed by atoms with Crippen molar-refractivity contribution in [2.75, 3.05) is 6.54 Å². The Morgan fingerprint density at radius 2 is 2.12 bits per heavy atom. The highest BCUT2D eigenvalue weighted by Gasteiger charge is 2.07. The first-order valence-corrected chi connectivity index (χ1v) is 5.75. The van der Waals surface area contributed by atoms with Gasteiger partial charge in [0.2, 0.25) is 0 Å². The zero-order valence-electron chi connectivity index (χ0n) is 9.90. The average molecular weight is 214 g/mol. The van der Waals surface area contributed by atoms with E-state index in [9.17, 15) is 0 Å². The molecular weight excluding hydrogens is 196 g/mol. The fourth-order valence-electron chi connectivity index (χ4n) is 2.00. The van der Waals surface area contributed by atoms with Gasteiger partial charge in [-0.3, -0.25) is 4.98 Å². The molecule has 0 saturated carbocycles. The zero-order valence-corrected chi connectivity index (χ0v) is 9.90. The monoisotopic (exact) mass is 214 g/mol. The molecule has 1 atom stereocenters. The maximum atomic E-state index is 5.67. The molecule has 0 aliphatic carbocycles. The molecule has 0 fully saturated rings. The molecule has 84 valence electrons. The minimum absolute atomic E-state index is 0.507. The van der Waals surface area contributed by atoms with Gasteiger partial charge in [0.1, 0.15) is 0 Å². The van der Waals surface area contributed by atoms with Crippen LogP contribution in [0.15, 0.2) is 30.5 Å². The molecule has 1 heterocycles. The Labute approximate surface area is 96.5 Å². The standard InChI is InChI=1S/C14H18N2/c1-10(9-15)8-12-4-3-5-13-11(2)6-7-16-14(12)13/h3-7,10H,8-9,15H2,1-2H3. The summed E-state index contributed by atoms with van der Waals surface area (Å²) in [5.41, 5.74) is 9.39. The van der Waals surface area contributed by atoms with Gasteiger partial charge in [-0.1, -0.05) is 25.1 Å². The summed E-state index contributed by atoms with van der Waals surface area (Å²) in [4.78, 5) is 4.49. The van der Waals surface area contributed by atoms with E-state index in [1.165, 1.54) is 16.5 Å². The van der Waals surface area contributed by atoms with Gasteiger partial charge in [0.05, 0.1) is 5.52 Å². The quantitative estimate of drug-likeness (QED) is 0.853. The summed E-state index contributed by atoms with van der Waals surface area (Å²) in [5.74, 6) is 0.507. The Bertz CT molecular complexity index is 491. The van der Waals surface area contributed by atoms with Crippen LogP contribution in [0.25, 0.3) is 10.9 Å². The van der Waals surface area contributed by atoms with Gasteiger partial charge in [0.25, 0.3) is 0 Å². The second kappa shape index (κ2) is 4.62. The summed E-state index contributed by atoms with van der Waals surface area (Å²) in [7, 11) is 0. The molecule has 16 heavy (non-hydrogen) atoms. The molecule has 0 radical (unpaired) electrons. The van der Waals surface area contributed by atoms with Crippen molar-refractivity contribution in [2.24, 2.45) is 11.7 Å². The lowest BCUT2D eigenvalue weighted by atomic mass is 9.97. The lowest BCUT2D eigenvalue weighted by Gasteiger charge is -2.11. The number of aromatic nitrogens is 1. The van der Waals surface area contributed by atoms with Crippen LogP contribution in [0.5, 0.6) is 0 Å². The van der Waals surface area contributed by atoms with E-state index in [1.807, 2.05) is 6.20 Å². The summed E-state index contributed by atoms with van der Waals surface area (Å²) in [6, 6.07) is 8.45. The van der Waals surface area contributed by atoms with Gasteiger partial charge in [-0.15, -0.1) is 0 Å². The minimum atomic E-state index is 0.507. The first-order chi connectivity index (χ1) is 7.72. The van der Waals surface area contributed by atoms with E-state index in [2.05, 4.69) is 43.1 Å². The minimum Gasteiger partial charge on any atom is -0.330 e. The zero-order chi connectivity index (χ0) is 11.5. The van der Waals surface area contributed by atoms with E-state index in [-0.39, 0.29) is 0 Å². The maximum Gasteiger partial charge on any atom is 0.0736 e. The highest BCUT2D eigenvalue weighted by molar-refractivity contribution is 5.84. The number of nitrogens with two attached hydrogens (primary N) is 1. The lowest BCUT2D eigenvalue weighted by molar-refractivity contribution is 0.595. The van der Waals surface area contributed by atoms with E-state index in [0.29, 0.717) is 5.92 Å². The number of hydrogen-bond acceptors (Lipinski definition) is 2. The number of pyridine rings is 1. The summed E-state index contributed by atoms with van der Waals surface area (Å²) in [6.45, 7) is 5.02. The fourth-order valence-corrected chi connectivity index (χ4v) is 2.00. The topological polar surface area (TPSA) is 38.9 Å². The highest BCUT2D eigenvalue weighted by atomic mass is 14.7. The van der Waals surface area contributed by atoms with Crippen LogP contribution < -0.4 is 5.73 Å². The third-order valence-electron chi connectivity index (χ3n) is 3.04. The van der Waals surface area contributed by atoms with Gasteiger partial charge in [-0.25, -0.2) is 0 Å². The van der Waals surface area contributed by atoms with Crippen molar-refractivity contribution in [1.82, 2.24) is 4.98 Å². The number of para-hydroxylation sites is 1. The fraction of sp³-hybridized carbons (Fsp3) is 0.357. The van der Waals surface area contributed by atoms with Crippen molar-refractivity contribution in [1.29, 1.82) is 0 Å². The molecule has 1 unspecified atom stereocenters. The normalized spacial score (nSPS) is 12.9. The number of benzene rings is 1. The van der Waals surface area contributed by atoms with Crippen molar-refractivity contribution >= 4 is 10.9 Å². The summed E-state index contributed by atoms with van der Waals surface area (Å²) < 4.78 is 0. The van der Waals surface area contributed by atoms with Gasteiger partial charge in [-0.2, -0.15) is 0 Å². The molecule has 0 amide bonds. The van der Waals surface area contributed by atoms with Crippen molar-refractivity contribution < 1.29 is 0 Å². The Hall–Kier alpha value is -1.41. The van der Waals surface area contributed by atoms with Gasteiger partial charge in [0.15, 0.2) is 0 Å². The first kappa shape index (κ1) is 11.1. The maximum absolute atomic E-state index is 5.67. The molecule has 1 aromatic carbocycles. The van der Waals surface area contributed by atoms with Crippen molar-refractivity contribution in [3.05, 3.63) is 41.6 Å². The summed E-state index contributed by atoms with van der Waals surface area (Å²) in [6.07, 6.45) is 2.89. The molecule has 2 nitrogen and oxygen atoms in total. The number of aryl methyl sites for hydroxylation is 1. The van der Waals surface area contributed by atoms with Crippen LogP contribution in [0, 0.1) is 12.8 Å². The molecule has 0 aliphatic heterocycles. The number of rotatable bonds is 3. The van der Waals surface area contributed by atoms with E-state index < -0.39 is 0 Å². The van der Waals surface area contributed by atoms with Crippen LogP contribution >= 0.6 is 0 Å². The molecule has 0 spiro atoms. The predicted molar refractivity (Wildman–Crippen MR) is 68.4 cm³/mol. The number of fused-ring (bicyclic) bond motifs is 1. The third kappa shape index (κ3) is 2.07. The predicted octanol–water partition coefficient (Wildman–Crippen LogP) is 2.68. The van der Waals surface area contributed by atoms with E-state index in [4.69, 9.17) is 5.73 Å². The van der Waals surface area contributed by atoms with Gasteiger partial charge >= 0.3 is 0 Å². The van der Waals surface area contributed by atoms with Crippen LogP contribution in [0.1, 0.15) is 18.1 Å². The van der Waals surface area contributed by atoms with Gasteiger partial charge < -0.3 is 5.73 Å². The van der Waals surface area contributed by atoms with Crippen LogP contribution in [-0.2, 0) is 6.42 Å². The Morgan fingerprint density at radius 3 is 2.88 bits per heavy atom. The van der Waals surface area contributed by atoms with Crippen LogP contribution in [0.2, 0.25) is 0 Å². The largest absolute Gasteiger partial charge is 0.330 e. The summed E-state index contributed by atoms with van der Waals surface area (Å²) in [5, 5.41) is 1.25. The molecule has 0 saturated heterocycles. The SMILES string of the molecule is Cc1ccnc2c(CC(C)CN)cccc12. The Kier molecular flexibility index (Phi) is 3.20. The van der Waals surface area contributed by atoms with Crippen molar-refractivity contribution in [3.63, 3.8) is 0 Å². The number of hydrogen-bond donors (Lipinski definition) is 1. The second-order valence-electron chi connectivity index (χ2n) is 4.49. The van der Waals surface area contributed by atoms with Gasteiger partial charge in [0, 0.05) is 11.6 Å². The van der Waals surface area contributed by atoms with Crippen molar-refractivity contribution in [2.45, 2.75) is 20.3 Å². The lowest BCUT2D eigenvalue weighted by Crippen LogP contribution is -2.13. The molecule has 2 N–H and O–H groups in total. The molecule has 2 heteroatoms. The first-order valence-electron chi connectivity index (χ1n) is 5.75. The van der Waals surface area contributed by atoms with Crippen LogP contribution in [0.4, 0.5) is 0 Å². The average Bonchev–Trinajstić information content (AvgIpc) is 2.30. The van der Waals surface area contributed by atoms with Crippen LogP contribution in [0.3, 0.4) is 0 Å². The molecular formula is C14H18N2. The summed E-state index contributed by atoms with van der Waals surface area (Å²) >= 11 is 0. The molecule has 0 aliphatic rings. The van der Waals surface area contributed by atoms with E-state index in [1.54, 1.807) is 0 Å². The molecule has 0 bridgehead atoms. The molecule has 2 rings (SSSR count). The highest BCUT2D eigenvalue weighted by Crippen LogP contribution is 2.21. The third-order valence-corrected chi connectivity index (χ3v) is 3.04. The molecule has 2 aromatic rings. The molecule has 1 aromatic heterocycles. The Balaban J connectivity index is 2.50. The van der Waals surface area contributed by atoms with Crippen molar-refractivity contribution in [3.8, 4) is 0 Å². The second-order valence-corrected chi connectivity index (χ2v) is 4.49. The van der Waals surface area contributed by atoms with E-state index >= 15 is 0 Å². The smallest absolute Gasteiger partial charge is 0.0736 e. The van der Waals surface area contributed by atoms with Gasteiger partial charge in [-0.05, 0) is 43.0 Å². The Morgan fingerprint density at radius 1 is 1.31 bits per heavy atom. The van der Waals surface area contributed by atoms with Crippen LogP contribution in [-0.4, -0.2) is 11.5 Å². The number of nitrogens with zero attached hydrogens (tertiary/aromatic N) is 1. The van der Waals surface area contributed by atoms with E-state index in [0.717, 1.165) is 18.5 Å².